The normalized spacial score (nSPS) is 16.8. The molecule has 1 aliphatic heterocycles. The fourth-order valence-electron chi connectivity index (χ4n) is 2.08. The first-order valence-corrected chi connectivity index (χ1v) is 7.36. The van der Waals surface area contributed by atoms with Crippen LogP contribution in [0.4, 0.5) is 10.5 Å². The molecule has 1 heterocycles. The second-order valence-corrected chi connectivity index (χ2v) is 6.17. The van der Waals surface area contributed by atoms with Gasteiger partial charge in [0.2, 0.25) is 0 Å². The molecule has 1 aliphatic rings. The van der Waals surface area contributed by atoms with Crippen molar-refractivity contribution in [3.05, 3.63) is 23.8 Å². The molecule has 0 radical (unpaired) electrons. The van der Waals surface area contributed by atoms with Crippen LogP contribution in [0.15, 0.2) is 18.2 Å². The summed E-state index contributed by atoms with van der Waals surface area (Å²) < 4.78 is 15.4. The van der Waals surface area contributed by atoms with E-state index < -0.39 is 29.6 Å². The number of anilines is 1. The second-order valence-electron chi connectivity index (χ2n) is 6.17. The van der Waals surface area contributed by atoms with Crippen molar-refractivity contribution in [3.63, 3.8) is 0 Å². The first-order valence-electron chi connectivity index (χ1n) is 7.36. The van der Waals surface area contributed by atoms with Gasteiger partial charge in [-0.1, -0.05) is 6.07 Å². The lowest BCUT2D eigenvalue weighted by Crippen LogP contribution is -2.48. The second kappa shape index (κ2) is 6.77. The van der Waals surface area contributed by atoms with Crippen LogP contribution < -0.4 is 15.4 Å². The van der Waals surface area contributed by atoms with Gasteiger partial charge in [0.1, 0.15) is 23.8 Å². The number of carbonyl (C=O) groups excluding carboxylic acids is 3. The molecule has 8 nitrogen and oxygen atoms in total. The Balaban J connectivity index is 2.16. The van der Waals surface area contributed by atoms with E-state index in [-0.39, 0.29) is 17.9 Å². The van der Waals surface area contributed by atoms with E-state index in [4.69, 9.17) is 14.2 Å². The molecule has 0 aromatic heterocycles. The van der Waals surface area contributed by atoms with Crippen LogP contribution >= 0.6 is 0 Å². The maximum atomic E-state index is 12.3. The van der Waals surface area contributed by atoms with Gasteiger partial charge >= 0.3 is 12.1 Å². The van der Waals surface area contributed by atoms with Gasteiger partial charge in [-0.2, -0.15) is 0 Å². The number of esters is 1. The molecule has 2 amide bonds. The van der Waals surface area contributed by atoms with Crippen molar-refractivity contribution in [1.29, 1.82) is 0 Å². The highest BCUT2D eigenvalue weighted by atomic mass is 16.6. The van der Waals surface area contributed by atoms with Crippen molar-refractivity contribution in [2.24, 2.45) is 0 Å². The summed E-state index contributed by atoms with van der Waals surface area (Å²) in [5, 5.41) is 5.07. The van der Waals surface area contributed by atoms with Crippen molar-refractivity contribution in [2.45, 2.75) is 32.4 Å². The highest BCUT2D eigenvalue weighted by Crippen LogP contribution is 2.31. The minimum atomic E-state index is -0.960. The molecule has 0 bridgehead atoms. The Labute approximate surface area is 139 Å². The number of rotatable bonds is 2. The number of hydrogen-bond acceptors (Lipinski definition) is 6. The Morgan fingerprint density at radius 2 is 2.04 bits per heavy atom. The number of carbonyl (C=O) groups is 3. The van der Waals surface area contributed by atoms with Gasteiger partial charge in [-0.05, 0) is 32.9 Å². The summed E-state index contributed by atoms with van der Waals surface area (Å²) in [7, 11) is 1.25. The van der Waals surface area contributed by atoms with Gasteiger partial charge in [-0.25, -0.2) is 9.59 Å². The van der Waals surface area contributed by atoms with Gasteiger partial charge in [0.15, 0.2) is 5.75 Å². The van der Waals surface area contributed by atoms with E-state index in [0.29, 0.717) is 5.69 Å². The van der Waals surface area contributed by atoms with Crippen molar-refractivity contribution in [3.8, 4) is 5.75 Å². The van der Waals surface area contributed by atoms with Crippen molar-refractivity contribution in [1.82, 2.24) is 5.32 Å². The molecule has 8 heteroatoms. The van der Waals surface area contributed by atoms with Crippen LogP contribution in [0.5, 0.6) is 5.75 Å². The van der Waals surface area contributed by atoms with Gasteiger partial charge in [-0.15, -0.1) is 0 Å². The summed E-state index contributed by atoms with van der Waals surface area (Å²) in [6.45, 7) is 5.00. The first-order chi connectivity index (χ1) is 11.2. The predicted molar refractivity (Wildman–Crippen MR) is 85.1 cm³/mol. The zero-order chi connectivity index (χ0) is 17.9. The zero-order valence-corrected chi connectivity index (χ0v) is 14.0. The Kier molecular flexibility index (Phi) is 4.96. The molecule has 0 unspecified atom stereocenters. The summed E-state index contributed by atoms with van der Waals surface area (Å²) in [5.41, 5.74) is -0.169. The largest absolute Gasteiger partial charge is 0.488 e. The molecule has 1 atom stereocenters. The zero-order valence-electron chi connectivity index (χ0n) is 14.0. The molecule has 0 fully saturated rings. The highest BCUT2D eigenvalue weighted by molar-refractivity contribution is 6.02. The fraction of sp³-hybridized carbons (Fsp3) is 0.438. The van der Waals surface area contributed by atoms with Crippen LogP contribution in [0.25, 0.3) is 0 Å². The van der Waals surface area contributed by atoms with E-state index in [1.165, 1.54) is 13.2 Å². The summed E-state index contributed by atoms with van der Waals surface area (Å²) in [6.07, 6.45) is -0.731. The summed E-state index contributed by atoms with van der Waals surface area (Å²) in [6, 6.07) is 3.75. The number of benzene rings is 1. The molecule has 130 valence electrons. The van der Waals surface area contributed by atoms with Gasteiger partial charge in [0, 0.05) is 0 Å². The molecule has 0 spiro atoms. The molecular formula is C16H20N2O6. The number of alkyl carbamates (subject to hydrolysis) is 1. The smallest absolute Gasteiger partial charge is 0.408 e. The molecule has 2 N–H and O–H groups in total. The van der Waals surface area contributed by atoms with E-state index in [1.54, 1.807) is 32.9 Å². The maximum Gasteiger partial charge on any atom is 0.408 e. The van der Waals surface area contributed by atoms with Crippen LogP contribution in [-0.2, 0) is 14.3 Å². The van der Waals surface area contributed by atoms with Crippen LogP contribution in [-0.4, -0.2) is 43.3 Å². The summed E-state index contributed by atoms with van der Waals surface area (Å²) in [5.74, 6) is -0.854. The number of amides is 2. The van der Waals surface area contributed by atoms with E-state index in [1.807, 2.05) is 0 Å². The molecule has 0 saturated carbocycles. The Morgan fingerprint density at radius 1 is 1.33 bits per heavy atom. The third kappa shape index (κ3) is 4.15. The van der Waals surface area contributed by atoms with Crippen molar-refractivity contribution >= 4 is 23.7 Å². The fourth-order valence-corrected chi connectivity index (χ4v) is 2.08. The molecular weight excluding hydrogens is 316 g/mol. The summed E-state index contributed by atoms with van der Waals surface area (Å²) >= 11 is 0. The minimum Gasteiger partial charge on any atom is -0.488 e. The lowest BCUT2D eigenvalue weighted by molar-refractivity contribution is -0.118. The van der Waals surface area contributed by atoms with E-state index in [0.717, 1.165) is 0 Å². The number of hydrogen-bond donors (Lipinski definition) is 2. The Bertz CT molecular complexity index is 665. The first kappa shape index (κ1) is 17.6. The lowest BCUT2D eigenvalue weighted by atomic mass is 10.1. The molecule has 1 aromatic rings. The Hall–Kier alpha value is -2.77. The third-order valence-electron chi connectivity index (χ3n) is 3.08. The van der Waals surface area contributed by atoms with Gasteiger partial charge in [0.05, 0.1) is 12.8 Å². The Morgan fingerprint density at radius 3 is 2.67 bits per heavy atom. The van der Waals surface area contributed by atoms with Gasteiger partial charge in [-0.3, -0.25) is 4.79 Å². The van der Waals surface area contributed by atoms with Crippen molar-refractivity contribution < 1.29 is 28.6 Å². The van der Waals surface area contributed by atoms with Gasteiger partial charge < -0.3 is 24.8 Å². The molecule has 0 aliphatic carbocycles. The number of fused-ring (bicyclic) bond motifs is 1. The monoisotopic (exact) mass is 336 g/mol. The summed E-state index contributed by atoms with van der Waals surface area (Å²) in [4.78, 5) is 35.9. The highest BCUT2D eigenvalue weighted by Gasteiger charge is 2.30. The molecule has 1 aromatic carbocycles. The number of para-hydroxylation sites is 1. The molecule has 0 saturated heterocycles. The number of methoxy groups -OCH3 is 1. The minimum absolute atomic E-state index is 0.147. The van der Waals surface area contributed by atoms with Gasteiger partial charge in [0.25, 0.3) is 5.91 Å². The number of ether oxygens (including phenoxy) is 3. The van der Waals surface area contributed by atoms with E-state index in [9.17, 15) is 14.4 Å². The van der Waals surface area contributed by atoms with Crippen LogP contribution in [0, 0.1) is 0 Å². The maximum absolute atomic E-state index is 12.3. The van der Waals surface area contributed by atoms with E-state index >= 15 is 0 Å². The quantitative estimate of drug-likeness (QED) is 0.797. The van der Waals surface area contributed by atoms with Crippen LogP contribution in [0.3, 0.4) is 0 Å². The van der Waals surface area contributed by atoms with Crippen molar-refractivity contribution in [2.75, 3.05) is 19.0 Å². The average Bonchev–Trinajstić information content (AvgIpc) is 2.63. The standard InChI is InChI=1S/C16H20N2O6/c1-16(2,3)24-15(21)18-11-8-23-12-9(14(20)22-4)6-5-7-10(12)17-13(11)19/h5-7,11H,8H2,1-4H3,(H,17,19)(H,18,21)/t11-/m0/s1. The molecule has 24 heavy (non-hydrogen) atoms. The van der Waals surface area contributed by atoms with E-state index in [2.05, 4.69) is 10.6 Å². The lowest BCUT2D eigenvalue weighted by Gasteiger charge is -2.22. The van der Waals surface area contributed by atoms with Crippen LogP contribution in [0.1, 0.15) is 31.1 Å². The number of nitrogens with one attached hydrogen (secondary N) is 2. The topological polar surface area (TPSA) is 103 Å². The molecule has 2 rings (SSSR count). The van der Waals surface area contributed by atoms with Crippen LogP contribution in [0.2, 0.25) is 0 Å². The SMILES string of the molecule is COC(=O)c1cccc2c1OC[C@H](NC(=O)OC(C)(C)C)C(=O)N2. The predicted octanol–water partition coefficient (Wildman–Crippen LogP) is 1.70. The third-order valence-corrected chi connectivity index (χ3v) is 3.08. The average molecular weight is 336 g/mol.